The van der Waals surface area contributed by atoms with E-state index in [4.69, 9.17) is 4.74 Å². The third-order valence-corrected chi connectivity index (χ3v) is 4.65. The minimum atomic E-state index is -0.0323. The van der Waals surface area contributed by atoms with Crippen molar-refractivity contribution < 1.29 is 9.53 Å². The van der Waals surface area contributed by atoms with E-state index in [0.717, 1.165) is 26.1 Å². The van der Waals surface area contributed by atoms with E-state index >= 15 is 0 Å². The molecule has 4 nitrogen and oxygen atoms in total. The van der Waals surface area contributed by atoms with Gasteiger partial charge in [-0.3, -0.25) is 4.79 Å². The van der Waals surface area contributed by atoms with Crippen LogP contribution >= 0.6 is 0 Å². The molecule has 0 radical (unpaired) electrons. The molecular weight excluding hydrogens is 252 g/mol. The van der Waals surface area contributed by atoms with Crippen molar-refractivity contribution in [2.24, 2.45) is 5.92 Å². The third-order valence-electron chi connectivity index (χ3n) is 4.65. The van der Waals surface area contributed by atoms with Crippen molar-refractivity contribution in [3.63, 3.8) is 0 Å². The van der Waals surface area contributed by atoms with Crippen LogP contribution in [0.2, 0.25) is 0 Å². The Morgan fingerprint density at radius 1 is 1.20 bits per heavy atom. The highest BCUT2D eigenvalue weighted by Gasteiger charge is 2.30. The number of piperidine rings is 1. The number of hydrogen-bond donors (Lipinski definition) is 1. The molecule has 2 fully saturated rings. The predicted octanol–water partition coefficient (Wildman–Crippen LogP) is 2.18. The molecule has 2 aliphatic rings. The molecule has 1 saturated heterocycles. The summed E-state index contributed by atoms with van der Waals surface area (Å²) in [5.74, 6) is 0.414. The summed E-state index contributed by atoms with van der Waals surface area (Å²) in [5, 5.41) is 3.82. The van der Waals surface area contributed by atoms with Gasteiger partial charge in [-0.15, -0.1) is 0 Å². The first-order chi connectivity index (χ1) is 9.71. The monoisotopic (exact) mass is 282 g/mol. The molecule has 2 unspecified atom stereocenters. The second-order valence-corrected chi connectivity index (χ2v) is 6.31. The van der Waals surface area contributed by atoms with Gasteiger partial charge in [-0.2, -0.15) is 0 Å². The van der Waals surface area contributed by atoms with Crippen LogP contribution in [0.5, 0.6) is 0 Å². The largest absolute Gasteiger partial charge is 0.466 e. The summed E-state index contributed by atoms with van der Waals surface area (Å²) >= 11 is 0. The lowest BCUT2D eigenvalue weighted by molar-refractivity contribution is -0.144. The fourth-order valence-electron chi connectivity index (χ4n) is 3.71. The number of likely N-dealkylation sites (N-methyl/N-ethyl adjacent to an activating group) is 1. The molecule has 1 saturated carbocycles. The van der Waals surface area contributed by atoms with Crippen molar-refractivity contribution in [3.8, 4) is 0 Å². The zero-order valence-electron chi connectivity index (χ0n) is 13.1. The van der Waals surface area contributed by atoms with Gasteiger partial charge in [0, 0.05) is 31.6 Å². The maximum atomic E-state index is 11.7. The molecule has 0 aromatic heterocycles. The highest BCUT2D eigenvalue weighted by atomic mass is 16.5. The molecule has 4 heteroatoms. The highest BCUT2D eigenvalue weighted by molar-refractivity contribution is 5.69. The van der Waals surface area contributed by atoms with Crippen molar-refractivity contribution in [3.05, 3.63) is 0 Å². The van der Waals surface area contributed by atoms with Gasteiger partial charge in [0.1, 0.15) is 0 Å². The Hall–Kier alpha value is -0.610. The Kier molecular flexibility index (Phi) is 6.30. The van der Waals surface area contributed by atoms with E-state index in [2.05, 4.69) is 17.1 Å². The van der Waals surface area contributed by atoms with Crippen LogP contribution in [0.1, 0.15) is 52.4 Å². The van der Waals surface area contributed by atoms with Gasteiger partial charge in [-0.1, -0.05) is 19.8 Å². The van der Waals surface area contributed by atoms with Gasteiger partial charge < -0.3 is 15.0 Å². The molecule has 20 heavy (non-hydrogen) atoms. The Morgan fingerprint density at radius 2 is 1.95 bits per heavy atom. The summed E-state index contributed by atoms with van der Waals surface area (Å²) in [6.45, 7) is 7.82. The first-order valence-electron chi connectivity index (χ1n) is 8.35. The molecule has 1 aliphatic carbocycles. The number of hydrogen-bond acceptors (Lipinski definition) is 4. The van der Waals surface area contributed by atoms with Crippen molar-refractivity contribution >= 4 is 5.97 Å². The second-order valence-electron chi connectivity index (χ2n) is 6.31. The van der Waals surface area contributed by atoms with E-state index in [1.807, 2.05) is 6.92 Å². The zero-order valence-corrected chi connectivity index (χ0v) is 13.1. The molecule has 2 rings (SSSR count). The van der Waals surface area contributed by atoms with E-state index in [1.54, 1.807) is 0 Å². The Labute approximate surface area is 123 Å². The van der Waals surface area contributed by atoms with Crippen molar-refractivity contribution in [2.45, 2.75) is 64.5 Å². The van der Waals surface area contributed by atoms with E-state index in [1.165, 1.54) is 25.7 Å². The summed E-state index contributed by atoms with van der Waals surface area (Å²) < 4.78 is 5.10. The lowest BCUT2D eigenvalue weighted by atomic mass is 9.91. The number of nitrogens with zero attached hydrogens (tertiary/aromatic N) is 1. The van der Waals surface area contributed by atoms with Crippen LogP contribution in [0.4, 0.5) is 0 Å². The lowest BCUT2D eigenvalue weighted by Crippen LogP contribution is -2.51. The molecule has 0 bridgehead atoms. The summed E-state index contributed by atoms with van der Waals surface area (Å²) in [6, 6.07) is 1.26. The fourth-order valence-corrected chi connectivity index (χ4v) is 3.71. The predicted molar refractivity (Wildman–Crippen MR) is 80.7 cm³/mol. The van der Waals surface area contributed by atoms with E-state index in [9.17, 15) is 4.79 Å². The van der Waals surface area contributed by atoms with Crippen molar-refractivity contribution in [1.82, 2.24) is 10.2 Å². The number of likely N-dealkylation sites (tertiary alicyclic amines) is 1. The molecule has 1 heterocycles. The third kappa shape index (κ3) is 4.74. The smallest absolute Gasteiger partial charge is 0.306 e. The molecule has 2 atom stereocenters. The minimum absolute atomic E-state index is 0.0323. The molecule has 0 aromatic carbocycles. The lowest BCUT2D eigenvalue weighted by Gasteiger charge is -2.38. The molecular formula is C16H30N2O2. The van der Waals surface area contributed by atoms with Gasteiger partial charge in [0.15, 0.2) is 0 Å². The Balaban J connectivity index is 1.83. The summed E-state index contributed by atoms with van der Waals surface area (Å²) in [7, 11) is 0. The van der Waals surface area contributed by atoms with Crippen molar-refractivity contribution in [1.29, 1.82) is 0 Å². The maximum Gasteiger partial charge on any atom is 0.306 e. The van der Waals surface area contributed by atoms with E-state index in [-0.39, 0.29) is 5.97 Å². The standard InChI is InChI=1S/C16H30N2O2/c1-3-18-11-13(10-16(19)20-4-2)9-15(12-18)17-14-7-5-6-8-14/h13-15,17H,3-12H2,1-2H3. The van der Waals surface area contributed by atoms with Gasteiger partial charge >= 0.3 is 5.97 Å². The Morgan fingerprint density at radius 3 is 2.60 bits per heavy atom. The normalized spacial score (nSPS) is 28.7. The van der Waals surface area contributed by atoms with E-state index < -0.39 is 0 Å². The van der Waals surface area contributed by atoms with Crippen LogP contribution in [0.3, 0.4) is 0 Å². The van der Waals surface area contributed by atoms with Gasteiger partial charge in [0.25, 0.3) is 0 Å². The first kappa shape index (κ1) is 15.8. The molecule has 1 aliphatic heterocycles. The Bertz CT molecular complexity index is 303. The average Bonchev–Trinajstić information content (AvgIpc) is 2.91. The van der Waals surface area contributed by atoms with Gasteiger partial charge in [0.05, 0.1) is 6.61 Å². The fraction of sp³-hybridized carbons (Fsp3) is 0.938. The molecule has 0 spiro atoms. The number of ether oxygens (including phenoxy) is 1. The summed E-state index contributed by atoms with van der Waals surface area (Å²) in [6.07, 6.45) is 7.08. The summed E-state index contributed by atoms with van der Waals surface area (Å²) in [4.78, 5) is 14.2. The molecule has 116 valence electrons. The van der Waals surface area contributed by atoms with E-state index in [0.29, 0.717) is 31.0 Å². The maximum absolute atomic E-state index is 11.7. The van der Waals surface area contributed by atoms with Crippen LogP contribution in [-0.2, 0) is 9.53 Å². The van der Waals surface area contributed by atoms with Gasteiger partial charge in [-0.25, -0.2) is 0 Å². The topological polar surface area (TPSA) is 41.6 Å². The van der Waals surface area contributed by atoms with Crippen molar-refractivity contribution in [2.75, 3.05) is 26.2 Å². The molecule has 0 amide bonds. The number of carbonyl (C=O) groups excluding carboxylic acids is 1. The molecule has 0 aromatic rings. The summed E-state index contributed by atoms with van der Waals surface area (Å²) in [5.41, 5.74) is 0. The minimum Gasteiger partial charge on any atom is -0.466 e. The second kappa shape index (κ2) is 7.99. The number of nitrogens with one attached hydrogen (secondary N) is 1. The zero-order chi connectivity index (χ0) is 14.4. The van der Waals surface area contributed by atoms with Gasteiger partial charge in [-0.05, 0) is 38.6 Å². The SMILES string of the molecule is CCOC(=O)CC1CC(NC2CCCC2)CN(CC)C1. The van der Waals surface area contributed by atoms with Crippen LogP contribution in [-0.4, -0.2) is 49.2 Å². The van der Waals surface area contributed by atoms with Crippen LogP contribution in [0.15, 0.2) is 0 Å². The number of esters is 1. The number of carbonyl (C=O) groups is 1. The number of rotatable bonds is 6. The first-order valence-corrected chi connectivity index (χ1v) is 8.35. The van der Waals surface area contributed by atoms with Gasteiger partial charge in [0.2, 0.25) is 0 Å². The quantitative estimate of drug-likeness (QED) is 0.758. The van der Waals surface area contributed by atoms with Crippen LogP contribution in [0.25, 0.3) is 0 Å². The van der Waals surface area contributed by atoms with Crippen LogP contribution < -0.4 is 5.32 Å². The van der Waals surface area contributed by atoms with Crippen LogP contribution in [0, 0.1) is 5.92 Å². The molecule has 1 N–H and O–H groups in total. The highest BCUT2D eigenvalue weighted by Crippen LogP contribution is 2.24. The average molecular weight is 282 g/mol.